The van der Waals surface area contributed by atoms with Gasteiger partial charge in [-0.3, -0.25) is 4.90 Å². The van der Waals surface area contributed by atoms with Crippen LogP contribution in [0.2, 0.25) is 0 Å². The van der Waals surface area contributed by atoms with Gasteiger partial charge in [-0.15, -0.1) is 24.8 Å². The zero-order valence-corrected chi connectivity index (χ0v) is 13.1. The maximum absolute atomic E-state index is 5.99. The third kappa shape index (κ3) is 3.88. The van der Waals surface area contributed by atoms with E-state index in [1.54, 1.807) is 0 Å². The number of piperazine rings is 1. The van der Waals surface area contributed by atoms with Crippen LogP contribution in [0.3, 0.4) is 0 Å². The fraction of sp³-hybridized carbons (Fsp3) is 0.714. The molecule has 2 heterocycles. The fourth-order valence-electron chi connectivity index (χ4n) is 2.83. The van der Waals surface area contributed by atoms with Crippen molar-refractivity contribution in [3.8, 4) is 0 Å². The van der Waals surface area contributed by atoms with Crippen molar-refractivity contribution >= 4 is 24.8 Å². The van der Waals surface area contributed by atoms with Gasteiger partial charge in [-0.25, -0.2) is 0 Å². The largest absolute Gasteiger partial charge is 0.464 e. The lowest BCUT2D eigenvalue weighted by Crippen LogP contribution is -2.45. The summed E-state index contributed by atoms with van der Waals surface area (Å²) >= 11 is 0. The molecule has 1 aromatic heterocycles. The molecule has 2 aliphatic rings. The van der Waals surface area contributed by atoms with Crippen LogP contribution in [-0.2, 0) is 6.42 Å². The lowest BCUT2D eigenvalue weighted by Gasteiger charge is -2.34. The van der Waals surface area contributed by atoms with Crippen LogP contribution in [0.5, 0.6) is 0 Å². The average Bonchev–Trinajstić information content (AvgIpc) is 3.09. The number of furan rings is 1. The Morgan fingerprint density at radius 2 is 1.95 bits per heavy atom. The highest BCUT2D eigenvalue weighted by Gasteiger charge is 2.38. The lowest BCUT2D eigenvalue weighted by atomic mass is 10.1. The van der Waals surface area contributed by atoms with E-state index in [1.165, 1.54) is 18.6 Å². The van der Waals surface area contributed by atoms with Gasteiger partial charge in [0, 0.05) is 32.6 Å². The molecule has 2 fully saturated rings. The molecule has 110 valence electrons. The van der Waals surface area contributed by atoms with Crippen LogP contribution in [0.15, 0.2) is 16.5 Å². The minimum Gasteiger partial charge on any atom is -0.464 e. The molecule has 0 unspecified atom stereocenters. The summed E-state index contributed by atoms with van der Waals surface area (Å²) in [7, 11) is 0. The second kappa shape index (κ2) is 7.53. The van der Waals surface area contributed by atoms with E-state index in [1.807, 2.05) is 0 Å². The monoisotopic (exact) mass is 306 g/mol. The van der Waals surface area contributed by atoms with Gasteiger partial charge in [0.1, 0.15) is 11.5 Å². The molecule has 0 aromatic carbocycles. The summed E-state index contributed by atoms with van der Waals surface area (Å²) in [6.45, 7) is 6.70. The molecule has 5 heteroatoms. The Hall–Kier alpha value is -0.220. The summed E-state index contributed by atoms with van der Waals surface area (Å²) in [5, 5.41) is 3.42. The predicted molar refractivity (Wildman–Crippen MR) is 82.5 cm³/mol. The highest BCUT2D eigenvalue weighted by Crippen LogP contribution is 2.45. The fourth-order valence-corrected chi connectivity index (χ4v) is 2.83. The maximum Gasteiger partial charge on any atom is 0.121 e. The smallest absolute Gasteiger partial charge is 0.121 e. The summed E-state index contributed by atoms with van der Waals surface area (Å²) in [4.78, 5) is 2.60. The summed E-state index contributed by atoms with van der Waals surface area (Å²) in [5.41, 5.74) is 0. The zero-order valence-electron chi connectivity index (χ0n) is 11.4. The third-order valence-corrected chi connectivity index (χ3v) is 3.94. The Balaban J connectivity index is 0.000000902. The normalized spacial score (nSPS) is 21.3. The van der Waals surface area contributed by atoms with E-state index >= 15 is 0 Å². The van der Waals surface area contributed by atoms with Gasteiger partial charge in [0.2, 0.25) is 0 Å². The Morgan fingerprint density at radius 3 is 2.47 bits per heavy atom. The van der Waals surface area contributed by atoms with Gasteiger partial charge in [-0.2, -0.15) is 0 Å². The van der Waals surface area contributed by atoms with Crippen LogP contribution < -0.4 is 5.32 Å². The number of nitrogens with zero attached hydrogens (tertiary/aromatic N) is 1. The minimum absolute atomic E-state index is 0. The van der Waals surface area contributed by atoms with Gasteiger partial charge in [0.05, 0.1) is 6.04 Å². The van der Waals surface area contributed by atoms with Crippen LogP contribution in [-0.4, -0.2) is 31.1 Å². The standard InChI is InChI=1S/C14H22N2O.2ClH/c1-2-12-5-6-13(17-12)14(11-3-4-11)16-9-7-15-8-10-16;;/h5-6,11,14-15H,2-4,7-10H2,1H3;2*1H/t14-;;/m0../s1. The molecule has 1 atom stereocenters. The molecule has 0 amide bonds. The predicted octanol–water partition coefficient (Wildman–Crippen LogP) is 3.04. The van der Waals surface area contributed by atoms with E-state index < -0.39 is 0 Å². The first-order chi connectivity index (χ1) is 8.38. The van der Waals surface area contributed by atoms with Crippen molar-refractivity contribution in [1.82, 2.24) is 10.2 Å². The van der Waals surface area contributed by atoms with Gasteiger partial charge in [-0.1, -0.05) is 6.92 Å². The zero-order chi connectivity index (χ0) is 11.7. The van der Waals surface area contributed by atoms with Crippen molar-refractivity contribution in [2.24, 2.45) is 5.92 Å². The highest BCUT2D eigenvalue weighted by atomic mass is 35.5. The summed E-state index contributed by atoms with van der Waals surface area (Å²) in [6.07, 6.45) is 3.74. The quantitative estimate of drug-likeness (QED) is 0.927. The summed E-state index contributed by atoms with van der Waals surface area (Å²) < 4.78 is 5.99. The molecule has 1 saturated carbocycles. The summed E-state index contributed by atoms with van der Waals surface area (Å²) in [5.74, 6) is 3.16. The number of rotatable bonds is 4. The van der Waals surface area contributed by atoms with E-state index in [0.717, 1.165) is 44.3 Å². The minimum atomic E-state index is 0. The van der Waals surface area contributed by atoms with Crippen molar-refractivity contribution in [3.63, 3.8) is 0 Å². The number of hydrogen-bond donors (Lipinski definition) is 1. The van der Waals surface area contributed by atoms with Crippen LogP contribution in [0.1, 0.15) is 37.3 Å². The first-order valence-electron chi connectivity index (χ1n) is 6.92. The first-order valence-corrected chi connectivity index (χ1v) is 6.92. The van der Waals surface area contributed by atoms with E-state index in [0.29, 0.717) is 6.04 Å². The topological polar surface area (TPSA) is 28.4 Å². The molecule has 19 heavy (non-hydrogen) atoms. The molecule has 1 saturated heterocycles. The van der Waals surface area contributed by atoms with Gasteiger partial charge < -0.3 is 9.73 Å². The van der Waals surface area contributed by atoms with Crippen LogP contribution >= 0.6 is 24.8 Å². The number of halogens is 2. The van der Waals surface area contributed by atoms with Crippen LogP contribution in [0.4, 0.5) is 0 Å². The van der Waals surface area contributed by atoms with Crippen LogP contribution in [0, 0.1) is 5.92 Å². The first kappa shape index (κ1) is 16.8. The molecule has 1 aliphatic carbocycles. The molecular weight excluding hydrogens is 283 g/mol. The Labute approximate surface area is 127 Å². The van der Waals surface area contributed by atoms with Crippen molar-refractivity contribution < 1.29 is 4.42 Å². The Morgan fingerprint density at radius 1 is 1.26 bits per heavy atom. The number of hydrogen-bond acceptors (Lipinski definition) is 3. The van der Waals surface area contributed by atoms with Crippen molar-refractivity contribution in [1.29, 1.82) is 0 Å². The second-order valence-corrected chi connectivity index (χ2v) is 5.23. The van der Waals surface area contributed by atoms with Crippen LogP contribution in [0.25, 0.3) is 0 Å². The van der Waals surface area contributed by atoms with Crippen molar-refractivity contribution in [2.75, 3.05) is 26.2 Å². The SMILES string of the molecule is CCc1ccc([C@H](C2CC2)N2CCNCC2)o1.Cl.Cl. The van der Waals surface area contributed by atoms with E-state index in [2.05, 4.69) is 29.3 Å². The van der Waals surface area contributed by atoms with Crippen molar-refractivity contribution in [2.45, 2.75) is 32.2 Å². The maximum atomic E-state index is 5.99. The Kier molecular flexibility index (Phi) is 6.67. The number of aryl methyl sites for hydroxylation is 1. The lowest BCUT2D eigenvalue weighted by molar-refractivity contribution is 0.136. The van der Waals surface area contributed by atoms with Crippen molar-refractivity contribution in [3.05, 3.63) is 23.7 Å². The molecule has 3 nitrogen and oxygen atoms in total. The van der Waals surface area contributed by atoms with Gasteiger partial charge in [-0.05, 0) is 30.9 Å². The molecule has 0 radical (unpaired) electrons. The Bertz CT molecular complexity index is 373. The molecule has 3 rings (SSSR count). The van der Waals surface area contributed by atoms with Gasteiger partial charge in [0.25, 0.3) is 0 Å². The second-order valence-electron chi connectivity index (χ2n) is 5.23. The van der Waals surface area contributed by atoms with Gasteiger partial charge >= 0.3 is 0 Å². The molecule has 0 spiro atoms. The molecule has 1 aliphatic heterocycles. The number of nitrogens with one attached hydrogen (secondary N) is 1. The summed E-state index contributed by atoms with van der Waals surface area (Å²) in [6, 6.07) is 4.88. The van der Waals surface area contributed by atoms with E-state index in [4.69, 9.17) is 4.42 Å². The van der Waals surface area contributed by atoms with Gasteiger partial charge in [0.15, 0.2) is 0 Å². The third-order valence-electron chi connectivity index (χ3n) is 3.94. The molecular formula is C14H24Cl2N2O. The van der Waals surface area contributed by atoms with E-state index in [-0.39, 0.29) is 24.8 Å². The van der Waals surface area contributed by atoms with E-state index in [9.17, 15) is 0 Å². The molecule has 0 bridgehead atoms. The highest BCUT2D eigenvalue weighted by molar-refractivity contribution is 5.85. The average molecular weight is 307 g/mol. The molecule has 1 N–H and O–H groups in total. The molecule has 1 aromatic rings.